The minimum Gasteiger partial charge on any atom is -0.351 e. The first-order chi connectivity index (χ1) is 29.9. The molecule has 2 atom stereocenters. The lowest BCUT2D eigenvalue weighted by atomic mass is 9.72. The van der Waals surface area contributed by atoms with Gasteiger partial charge in [-0.05, 0) is 187 Å². The van der Waals surface area contributed by atoms with Crippen LogP contribution in [-0.2, 0) is 0 Å². The van der Waals surface area contributed by atoms with Crippen LogP contribution in [0.2, 0.25) is 0 Å². The molecule has 0 amide bonds. The van der Waals surface area contributed by atoms with E-state index in [0.717, 1.165) is 82.1 Å². The number of hydrogen-bond acceptors (Lipinski definition) is 10. The molecule has 5 rings (SSSR count). The molecule has 376 valence electrons. The van der Waals surface area contributed by atoms with Crippen molar-refractivity contribution in [3.05, 3.63) is 0 Å². The van der Waals surface area contributed by atoms with Gasteiger partial charge in [-0.25, -0.2) is 0 Å². The molecule has 1 aromatic heterocycles. The van der Waals surface area contributed by atoms with Gasteiger partial charge in [-0.2, -0.15) is 15.0 Å². The average Bonchev–Trinajstić information content (AvgIpc) is 3.08. The third kappa shape index (κ3) is 16.7. The maximum Gasteiger partial charge on any atom is 0.232 e. The van der Waals surface area contributed by atoms with Crippen LogP contribution in [0.3, 0.4) is 0 Å². The van der Waals surface area contributed by atoms with Crippen molar-refractivity contribution in [1.29, 1.82) is 0 Å². The quantitative estimate of drug-likeness (QED) is 0.0667. The molecular formula is C55H106N10. The summed E-state index contributed by atoms with van der Waals surface area (Å²) >= 11 is 0. The first kappa shape index (κ1) is 54.2. The highest BCUT2D eigenvalue weighted by atomic mass is 15.4. The number of nitrogens with one attached hydrogen (secondary N) is 6. The van der Waals surface area contributed by atoms with E-state index in [1.807, 2.05) is 0 Å². The van der Waals surface area contributed by atoms with Gasteiger partial charge in [0.25, 0.3) is 0 Å². The monoisotopic (exact) mass is 907 g/mol. The van der Waals surface area contributed by atoms with Crippen molar-refractivity contribution in [2.24, 2.45) is 11.8 Å². The van der Waals surface area contributed by atoms with Gasteiger partial charge < -0.3 is 36.8 Å². The Balaban J connectivity index is 1.66. The summed E-state index contributed by atoms with van der Waals surface area (Å²) in [7, 11) is 0. The van der Waals surface area contributed by atoms with Gasteiger partial charge in [-0.15, -0.1) is 0 Å². The molecule has 4 aliphatic heterocycles. The third-order valence-corrected chi connectivity index (χ3v) is 15.4. The highest BCUT2D eigenvalue weighted by Crippen LogP contribution is 2.42. The molecule has 5 heterocycles. The molecule has 0 bridgehead atoms. The molecule has 1 aromatic rings. The minimum absolute atomic E-state index is 0.0349. The van der Waals surface area contributed by atoms with Crippen LogP contribution in [0.15, 0.2) is 0 Å². The number of unbranched alkanes of at least 4 members (excludes halogenated alkanes) is 8. The fourth-order valence-corrected chi connectivity index (χ4v) is 14.7. The summed E-state index contributed by atoms with van der Waals surface area (Å²) in [6.07, 6.45) is 23.6. The Morgan fingerprint density at radius 3 is 0.985 bits per heavy atom. The van der Waals surface area contributed by atoms with Crippen molar-refractivity contribution in [3.8, 4) is 0 Å². The topological polar surface area (TPSA) is 114 Å². The van der Waals surface area contributed by atoms with Crippen molar-refractivity contribution < 1.29 is 0 Å². The molecule has 10 nitrogen and oxygen atoms in total. The SMILES string of the molecule is CCCCCCCC(Nc1nc(NC(CCCCCCC)C2CC(C)(C)NC(C)(C)C2)nc(N(C2CC(C)(C)NC(C)(C)C2)C2CC(C)(C)NC(C)(C)C2)n1)C1CC(C)(C)NC(C)(C)C1. The molecule has 4 saturated heterocycles. The largest absolute Gasteiger partial charge is 0.351 e. The maximum atomic E-state index is 5.69. The summed E-state index contributed by atoms with van der Waals surface area (Å²) in [4.78, 5) is 19.6. The van der Waals surface area contributed by atoms with Crippen molar-refractivity contribution in [2.75, 3.05) is 15.5 Å². The van der Waals surface area contributed by atoms with E-state index in [4.69, 9.17) is 15.0 Å². The Morgan fingerprint density at radius 1 is 0.415 bits per heavy atom. The predicted octanol–water partition coefficient (Wildman–Crippen LogP) is 12.7. The number of piperidine rings is 4. The first-order valence-electron chi connectivity index (χ1n) is 27.2. The van der Waals surface area contributed by atoms with Gasteiger partial charge >= 0.3 is 0 Å². The van der Waals surface area contributed by atoms with Crippen molar-refractivity contribution in [1.82, 2.24) is 36.2 Å². The summed E-state index contributed by atoms with van der Waals surface area (Å²) in [5.41, 5.74) is 0.0521. The van der Waals surface area contributed by atoms with Gasteiger partial charge in [0, 0.05) is 68.5 Å². The van der Waals surface area contributed by atoms with Crippen molar-refractivity contribution in [3.63, 3.8) is 0 Å². The van der Waals surface area contributed by atoms with E-state index >= 15 is 0 Å². The lowest BCUT2D eigenvalue weighted by Crippen LogP contribution is -2.67. The van der Waals surface area contributed by atoms with E-state index in [2.05, 4.69) is 161 Å². The van der Waals surface area contributed by atoms with Gasteiger partial charge in [0.05, 0.1) is 0 Å². The van der Waals surface area contributed by atoms with E-state index in [1.165, 1.54) is 64.2 Å². The summed E-state index contributed by atoms with van der Waals surface area (Å²) in [6, 6.07) is 1.06. The van der Waals surface area contributed by atoms with Crippen LogP contribution in [0, 0.1) is 11.8 Å². The maximum absolute atomic E-state index is 5.69. The number of aromatic nitrogens is 3. The van der Waals surface area contributed by atoms with Crippen molar-refractivity contribution in [2.45, 2.75) is 322 Å². The highest BCUT2D eigenvalue weighted by molar-refractivity contribution is 5.47. The Morgan fingerprint density at radius 2 is 0.692 bits per heavy atom. The molecule has 10 heteroatoms. The molecule has 0 saturated carbocycles. The number of anilines is 3. The second kappa shape index (κ2) is 21.1. The second-order valence-electron chi connectivity index (χ2n) is 27.6. The first-order valence-corrected chi connectivity index (χ1v) is 27.2. The van der Waals surface area contributed by atoms with Crippen LogP contribution in [0.5, 0.6) is 0 Å². The second-order valence-corrected chi connectivity index (χ2v) is 27.6. The van der Waals surface area contributed by atoms with E-state index < -0.39 is 0 Å². The van der Waals surface area contributed by atoms with Crippen molar-refractivity contribution >= 4 is 17.8 Å². The summed E-state index contributed by atoms with van der Waals surface area (Å²) < 4.78 is 0. The number of rotatable bonds is 21. The van der Waals surface area contributed by atoms with Crippen LogP contribution in [0.1, 0.15) is 253 Å². The van der Waals surface area contributed by atoms with Gasteiger partial charge in [0.1, 0.15) is 0 Å². The fraction of sp³-hybridized carbons (Fsp3) is 0.945. The predicted molar refractivity (Wildman–Crippen MR) is 281 cm³/mol. The zero-order valence-corrected chi connectivity index (χ0v) is 45.9. The van der Waals surface area contributed by atoms with E-state index in [-0.39, 0.29) is 68.5 Å². The van der Waals surface area contributed by atoms with E-state index in [1.54, 1.807) is 0 Å². The van der Waals surface area contributed by atoms with E-state index in [0.29, 0.717) is 11.8 Å². The molecule has 4 fully saturated rings. The van der Waals surface area contributed by atoms with Gasteiger partial charge in [0.2, 0.25) is 17.8 Å². The lowest BCUT2D eigenvalue weighted by molar-refractivity contribution is 0.114. The Kier molecular flexibility index (Phi) is 17.6. The number of hydrogen-bond donors (Lipinski definition) is 6. The average molecular weight is 908 g/mol. The number of nitrogens with zero attached hydrogens (tertiary/aromatic N) is 4. The van der Waals surface area contributed by atoms with Crippen LogP contribution < -0.4 is 36.8 Å². The summed E-state index contributed by atoms with van der Waals surface area (Å²) in [6.45, 7) is 43.0. The highest BCUT2D eigenvalue weighted by Gasteiger charge is 2.48. The van der Waals surface area contributed by atoms with Gasteiger partial charge in [-0.3, -0.25) is 0 Å². The standard InChI is InChI=1S/C55H106N10/c1-19-21-23-25-27-29-43(39-31-48(3,4)61-49(5,6)32-39)56-45-58-46(57-44(30-28-26-24-22-20-2)40-33-50(7,8)62-51(9,10)34-40)60-47(59-45)65(41-35-52(11,12)63-53(13,14)36-41)42-37-54(15,16)64-55(17,18)38-42/h39-44,61-64H,19-38H2,1-18H3,(H2,56,57,58,59,60). The Labute approximate surface area is 401 Å². The molecule has 0 radical (unpaired) electrons. The summed E-state index contributed by atoms with van der Waals surface area (Å²) in [5.74, 6) is 3.34. The zero-order valence-electron chi connectivity index (χ0n) is 45.9. The third-order valence-electron chi connectivity index (χ3n) is 15.4. The van der Waals surface area contributed by atoms with Crippen LogP contribution in [-0.4, -0.2) is 83.4 Å². The Hall–Kier alpha value is -1.75. The molecule has 0 spiro atoms. The zero-order chi connectivity index (χ0) is 48.3. The van der Waals surface area contributed by atoms with Gasteiger partial charge in [-0.1, -0.05) is 78.1 Å². The fourth-order valence-electron chi connectivity index (χ4n) is 14.7. The van der Waals surface area contributed by atoms with Crippen LogP contribution >= 0.6 is 0 Å². The summed E-state index contributed by atoms with van der Waals surface area (Å²) in [5, 5.41) is 24.4. The van der Waals surface area contributed by atoms with Gasteiger partial charge in [0.15, 0.2) is 0 Å². The molecule has 65 heavy (non-hydrogen) atoms. The molecule has 6 N–H and O–H groups in total. The normalized spacial score (nSPS) is 26.0. The molecule has 0 aromatic carbocycles. The Bertz CT molecular complexity index is 1470. The minimum atomic E-state index is -0.0349. The van der Waals surface area contributed by atoms with Crippen LogP contribution in [0.4, 0.5) is 17.8 Å². The molecule has 2 unspecified atom stereocenters. The van der Waals surface area contributed by atoms with Crippen LogP contribution in [0.25, 0.3) is 0 Å². The molecule has 0 aliphatic carbocycles. The van der Waals surface area contributed by atoms with E-state index in [9.17, 15) is 0 Å². The molecular weight excluding hydrogens is 801 g/mol. The smallest absolute Gasteiger partial charge is 0.232 e. The molecule has 4 aliphatic rings. The lowest BCUT2D eigenvalue weighted by Gasteiger charge is -2.55.